The van der Waals surface area contributed by atoms with E-state index >= 15 is 0 Å². The van der Waals surface area contributed by atoms with Crippen LogP contribution in [0, 0.1) is 0 Å². The van der Waals surface area contributed by atoms with Crippen LogP contribution in [-0.4, -0.2) is 36.3 Å². The molecule has 0 saturated carbocycles. The third-order valence-electron chi connectivity index (χ3n) is 3.61. The number of likely N-dealkylation sites (tertiary alicyclic amines) is 1. The molecule has 4 nitrogen and oxygen atoms in total. The highest BCUT2D eigenvalue weighted by atomic mass is 16.2. The van der Waals surface area contributed by atoms with Crippen molar-refractivity contribution in [1.29, 1.82) is 0 Å². The molecule has 1 aromatic rings. The summed E-state index contributed by atoms with van der Waals surface area (Å²) in [6, 6.07) is 9.99. The summed E-state index contributed by atoms with van der Waals surface area (Å²) in [5.41, 5.74) is 1.17. The second-order valence-electron chi connectivity index (χ2n) is 5.17. The van der Waals surface area contributed by atoms with Crippen LogP contribution in [0.5, 0.6) is 0 Å². The zero-order chi connectivity index (χ0) is 14.2. The van der Waals surface area contributed by atoms with E-state index in [-0.39, 0.29) is 11.8 Å². The van der Waals surface area contributed by atoms with Crippen molar-refractivity contribution in [3.05, 3.63) is 35.9 Å². The van der Waals surface area contributed by atoms with Gasteiger partial charge in [-0.2, -0.15) is 0 Å². The van der Waals surface area contributed by atoms with Crippen LogP contribution in [0.2, 0.25) is 0 Å². The van der Waals surface area contributed by atoms with Crippen molar-refractivity contribution in [3.8, 4) is 0 Å². The fraction of sp³-hybridized carbons (Fsp3) is 0.500. The van der Waals surface area contributed by atoms with E-state index in [2.05, 4.69) is 5.32 Å². The van der Waals surface area contributed by atoms with Gasteiger partial charge in [0.05, 0.1) is 0 Å². The van der Waals surface area contributed by atoms with Gasteiger partial charge >= 0.3 is 0 Å². The molecule has 1 heterocycles. The maximum atomic E-state index is 11.7. The van der Waals surface area contributed by atoms with Gasteiger partial charge in [-0.3, -0.25) is 9.59 Å². The molecule has 1 saturated heterocycles. The molecule has 1 aliphatic heterocycles. The average Bonchev–Trinajstić information content (AvgIpc) is 2.48. The fourth-order valence-electron chi connectivity index (χ4n) is 2.42. The van der Waals surface area contributed by atoms with Crippen LogP contribution in [0.3, 0.4) is 0 Å². The Morgan fingerprint density at radius 2 is 2.00 bits per heavy atom. The van der Waals surface area contributed by atoms with E-state index in [0.29, 0.717) is 25.9 Å². The zero-order valence-electron chi connectivity index (χ0n) is 11.8. The van der Waals surface area contributed by atoms with Crippen molar-refractivity contribution in [2.75, 3.05) is 19.6 Å². The first-order chi connectivity index (χ1) is 9.75. The third kappa shape index (κ3) is 4.68. The number of amides is 2. The number of carbonyl (C=O) groups is 2. The van der Waals surface area contributed by atoms with Gasteiger partial charge in [-0.05, 0) is 24.8 Å². The SMILES string of the molecule is O=C(CCc1ccccc1)NCCN1CCCCC1=O. The van der Waals surface area contributed by atoms with Gasteiger partial charge in [0, 0.05) is 32.5 Å². The van der Waals surface area contributed by atoms with E-state index in [9.17, 15) is 9.59 Å². The second kappa shape index (κ2) is 7.68. The molecule has 108 valence electrons. The lowest BCUT2D eigenvalue weighted by molar-refractivity contribution is -0.133. The Hall–Kier alpha value is -1.84. The van der Waals surface area contributed by atoms with Crippen LogP contribution in [0.1, 0.15) is 31.2 Å². The monoisotopic (exact) mass is 274 g/mol. The standard InChI is InChI=1S/C16H22N2O2/c19-15(10-9-14-6-2-1-3-7-14)17-11-13-18-12-5-4-8-16(18)20/h1-3,6-7H,4-5,8-13H2,(H,17,19). The molecule has 0 spiro atoms. The Labute approximate surface area is 120 Å². The number of piperidine rings is 1. The smallest absolute Gasteiger partial charge is 0.222 e. The third-order valence-corrected chi connectivity index (χ3v) is 3.61. The lowest BCUT2D eigenvalue weighted by Crippen LogP contribution is -2.41. The molecule has 1 aromatic carbocycles. The van der Waals surface area contributed by atoms with Gasteiger partial charge in [0.1, 0.15) is 0 Å². The number of rotatable bonds is 6. The summed E-state index contributed by atoms with van der Waals surface area (Å²) < 4.78 is 0. The van der Waals surface area contributed by atoms with Gasteiger partial charge in [0.15, 0.2) is 0 Å². The minimum Gasteiger partial charge on any atom is -0.354 e. The zero-order valence-corrected chi connectivity index (χ0v) is 11.8. The van der Waals surface area contributed by atoms with E-state index in [1.165, 1.54) is 5.56 Å². The summed E-state index contributed by atoms with van der Waals surface area (Å²) in [7, 11) is 0. The first-order valence-corrected chi connectivity index (χ1v) is 7.34. The van der Waals surface area contributed by atoms with E-state index in [1.54, 1.807) is 0 Å². The van der Waals surface area contributed by atoms with Gasteiger partial charge in [0.25, 0.3) is 0 Å². The van der Waals surface area contributed by atoms with Gasteiger partial charge in [-0.15, -0.1) is 0 Å². The molecule has 2 rings (SSSR count). The Kier molecular flexibility index (Phi) is 5.59. The average molecular weight is 274 g/mol. The van der Waals surface area contributed by atoms with E-state index in [1.807, 2.05) is 35.2 Å². The molecule has 4 heteroatoms. The predicted octanol–water partition coefficient (Wildman–Crippen LogP) is 1.75. The molecule has 20 heavy (non-hydrogen) atoms. The summed E-state index contributed by atoms with van der Waals surface area (Å²) in [4.78, 5) is 25.2. The number of hydrogen-bond donors (Lipinski definition) is 1. The molecular weight excluding hydrogens is 252 g/mol. The van der Waals surface area contributed by atoms with E-state index < -0.39 is 0 Å². The van der Waals surface area contributed by atoms with Crippen LogP contribution < -0.4 is 5.32 Å². The summed E-state index contributed by atoms with van der Waals surface area (Å²) in [6.07, 6.45) is 3.99. The molecule has 2 amide bonds. The van der Waals surface area contributed by atoms with Crippen LogP contribution in [-0.2, 0) is 16.0 Å². The molecule has 0 bridgehead atoms. The van der Waals surface area contributed by atoms with Gasteiger partial charge < -0.3 is 10.2 Å². The first kappa shape index (κ1) is 14.6. The minimum atomic E-state index is 0.0540. The van der Waals surface area contributed by atoms with Crippen molar-refractivity contribution in [2.24, 2.45) is 0 Å². The maximum Gasteiger partial charge on any atom is 0.222 e. The normalized spacial score (nSPS) is 15.2. The topological polar surface area (TPSA) is 49.4 Å². The van der Waals surface area contributed by atoms with Crippen molar-refractivity contribution < 1.29 is 9.59 Å². The fourth-order valence-corrected chi connectivity index (χ4v) is 2.42. The number of carbonyl (C=O) groups excluding carboxylic acids is 2. The maximum absolute atomic E-state index is 11.7. The molecule has 1 fully saturated rings. The van der Waals surface area contributed by atoms with Crippen LogP contribution >= 0.6 is 0 Å². The Balaban J connectivity index is 1.61. The van der Waals surface area contributed by atoms with Gasteiger partial charge in [-0.1, -0.05) is 30.3 Å². The number of aryl methyl sites for hydroxylation is 1. The number of benzene rings is 1. The molecular formula is C16H22N2O2. The summed E-state index contributed by atoms with van der Waals surface area (Å²) in [5.74, 6) is 0.271. The second-order valence-corrected chi connectivity index (χ2v) is 5.17. The molecule has 0 aromatic heterocycles. The molecule has 0 radical (unpaired) electrons. The highest BCUT2D eigenvalue weighted by Gasteiger charge is 2.17. The molecule has 0 atom stereocenters. The van der Waals surface area contributed by atoms with Crippen LogP contribution in [0.4, 0.5) is 0 Å². The first-order valence-electron chi connectivity index (χ1n) is 7.34. The van der Waals surface area contributed by atoms with Crippen molar-refractivity contribution in [3.63, 3.8) is 0 Å². The van der Waals surface area contributed by atoms with Crippen LogP contribution in [0.15, 0.2) is 30.3 Å². The highest BCUT2D eigenvalue weighted by Crippen LogP contribution is 2.09. The molecule has 0 unspecified atom stereocenters. The highest BCUT2D eigenvalue weighted by molar-refractivity contribution is 5.77. The number of nitrogens with one attached hydrogen (secondary N) is 1. The lowest BCUT2D eigenvalue weighted by Gasteiger charge is -2.26. The minimum absolute atomic E-state index is 0.0540. The van der Waals surface area contributed by atoms with Crippen molar-refractivity contribution in [2.45, 2.75) is 32.1 Å². The number of hydrogen-bond acceptors (Lipinski definition) is 2. The lowest BCUT2D eigenvalue weighted by atomic mass is 10.1. The molecule has 0 aliphatic carbocycles. The van der Waals surface area contributed by atoms with E-state index in [0.717, 1.165) is 25.8 Å². The summed E-state index contributed by atoms with van der Waals surface area (Å²) >= 11 is 0. The van der Waals surface area contributed by atoms with Gasteiger partial charge in [-0.25, -0.2) is 0 Å². The van der Waals surface area contributed by atoms with Crippen LogP contribution in [0.25, 0.3) is 0 Å². The largest absolute Gasteiger partial charge is 0.354 e. The van der Waals surface area contributed by atoms with E-state index in [4.69, 9.17) is 0 Å². The quantitative estimate of drug-likeness (QED) is 0.859. The molecule has 1 N–H and O–H groups in total. The Morgan fingerprint density at radius 1 is 1.20 bits per heavy atom. The summed E-state index contributed by atoms with van der Waals surface area (Å²) in [5, 5.41) is 2.89. The van der Waals surface area contributed by atoms with Gasteiger partial charge in [0.2, 0.25) is 11.8 Å². The molecule has 1 aliphatic rings. The predicted molar refractivity (Wildman–Crippen MR) is 78.2 cm³/mol. The van der Waals surface area contributed by atoms with Crippen molar-refractivity contribution in [1.82, 2.24) is 10.2 Å². The number of nitrogens with zero attached hydrogens (tertiary/aromatic N) is 1. The Morgan fingerprint density at radius 3 is 2.75 bits per heavy atom. The summed E-state index contributed by atoms with van der Waals surface area (Å²) in [6.45, 7) is 2.02. The Bertz CT molecular complexity index is 445. The van der Waals surface area contributed by atoms with Crippen molar-refractivity contribution >= 4 is 11.8 Å².